The van der Waals surface area contributed by atoms with Gasteiger partial charge < -0.3 is 4.57 Å². The number of para-hydroxylation sites is 2. The zero-order valence-corrected chi connectivity index (χ0v) is 19.4. The molecular weight excluding hydrogens is 403 g/mol. The van der Waals surface area contributed by atoms with Gasteiger partial charge in [-0.1, -0.05) is 91.1 Å². The summed E-state index contributed by atoms with van der Waals surface area (Å²) >= 11 is 1.93. The number of hydrogen-bond acceptors (Lipinski definition) is 2. The summed E-state index contributed by atoms with van der Waals surface area (Å²) in [6.07, 6.45) is 0. The Morgan fingerprint density at radius 2 is 0.966 bits per heavy atom. The predicted molar refractivity (Wildman–Crippen MR) is 131 cm³/mol. The monoisotopic (exact) mass is 423 g/mol. The summed E-state index contributed by atoms with van der Waals surface area (Å²) < 4.78 is 2.75. The topological polar surface area (TPSA) is 3.24 Å². The molecule has 2 aliphatic heterocycles. The van der Waals surface area contributed by atoms with Gasteiger partial charge in [-0.2, -0.15) is 0 Å². The fourth-order valence-electron chi connectivity index (χ4n) is 4.88. The molecular formula is C25H21NSSi2. The van der Waals surface area contributed by atoms with Crippen LogP contribution >= 0.6 is 11.8 Å². The molecule has 0 aromatic heterocycles. The largest absolute Gasteiger partial charge is 0.363 e. The normalized spacial score (nSPS) is 15.3. The van der Waals surface area contributed by atoms with Gasteiger partial charge in [0.1, 0.15) is 8.80 Å². The van der Waals surface area contributed by atoms with E-state index in [-0.39, 0.29) is 0 Å². The second-order valence-corrected chi connectivity index (χ2v) is 14.1. The first-order valence-corrected chi connectivity index (χ1v) is 15.0. The van der Waals surface area contributed by atoms with Gasteiger partial charge in [0.25, 0.3) is 0 Å². The third-order valence-corrected chi connectivity index (χ3v) is 13.9. The molecule has 4 aromatic rings. The minimum atomic E-state index is -1.67. The quantitative estimate of drug-likeness (QED) is 0.433. The maximum atomic E-state index is 2.75. The summed E-state index contributed by atoms with van der Waals surface area (Å²) in [5.41, 5.74) is 2.89. The molecule has 0 amide bonds. The van der Waals surface area contributed by atoms with E-state index in [1.54, 1.807) is 10.4 Å². The molecule has 4 heteroatoms. The van der Waals surface area contributed by atoms with Crippen molar-refractivity contribution in [3.8, 4) is 0 Å². The highest BCUT2D eigenvalue weighted by Gasteiger charge is 2.38. The Hall–Kier alpha value is -2.54. The second kappa shape index (κ2) is 6.76. The highest BCUT2D eigenvalue weighted by Crippen LogP contribution is 2.35. The van der Waals surface area contributed by atoms with Crippen molar-refractivity contribution in [2.75, 3.05) is 4.57 Å². The van der Waals surface area contributed by atoms with Crippen LogP contribution in [0, 0.1) is 0 Å². The van der Waals surface area contributed by atoms with Crippen molar-refractivity contribution in [1.29, 1.82) is 0 Å². The van der Waals surface area contributed by atoms with Gasteiger partial charge in [-0.15, -0.1) is 0 Å². The standard InChI is InChI=1S/C25H21NSSi2/c1-28-22-14-6-2-10-18(22)26(19-11-3-7-15-23(19)28)29-24-16-8-4-12-20(24)27-21-13-5-9-17-25(21)29/h2-17,28-29H,1H3. The Labute approximate surface area is 179 Å². The van der Waals surface area contributed by atoms with Crippen molar-refractivity contribution in [2.24, 2.45) is 0 Å². The number of anilines is 2. The number of hydrogen-bond donors (Lipinski definition) is 0. The Kier molecular flexibility index (Phi) is 4.04. The van der Waals surface area contributed by atoms with Gasteiger partial charge in [0.05, 0.1) is 0 Å². The van der Waals surface area contributed by atoms with Gasteiger partial charge in [0, 0.05) is 21.2 Å². The molecule has 4 aromatic carbocycles. The lowest BCUT2D eigenvalue weighted by Gasteiger charge is -2.43. The van der Waals surface area contributed by atoms with Crippen LogP contribution in [0.25, 0.3) is 0 Å². The van der Waals surface area contributed by atoms with Crippen LogP contribution in [0.1, 0.15) is 0 Å². The van der Waals surface area contributed by atoms with E-state index in [1.807, 2.05) is 11.8 Å². The van der Waals surface area contributed by atoms with E-state index < -0.39 is 17.8 Å². The van der Waals surface area contributed by atoms with Crippen LogP contribution in [0.3, 0.4) is 0 Å². The zero-order valence-electron chi connectivity index (χ0n) is 16.2. The lowest BCUT2D eigenvalue weighted by molar-refractivity contribution is 1.35. The van der Waals surface area contributed by atoms with Crippen molar-refractivity contribution in [3.05, 3.63) is 97.1 Å². The summed E-state index contributed by atoms with van der Waals surface area (Å²) in [6, 6.07) is 36.4. The molecule has 0 unspecified atom stereocenters. The molecule has 0 fully saturated rings. The van der Waals surface area contributed by atoms with Gasteiger partial charge in [-0.25, -0.2) is 0 Å². The van der Waals surface area contributed by atoms with Gasteiger partial charge in [-0.05, 0) is 45.0 Å². The summed E-state index contributed by atoms with van der Waals surface area (Å²) in [6.45, 7) is 2.48. The van der Waals surface area contributed by atoms with Gasteiger partial charge >= 0.3 is 0 Å². The fourth-order valence-corrected chi connectivity index (χ4v) is 12.8. The van der Waals surface area contributed by atoms with E-state index in [1.165, 1.54) is 31.5 Å². The molecule has 2 aliphatic rings. The molecule has 2 heterocycles. The van der Waals surface area contributed by atoms with Crippen LogP contribution in [0.4, 0.5) is 11.4 Å². The Morgan fingerprint density at radius 1 is 0.552 bits per heavy atom. The first-order chi connectivity index (χ1) is 14.3. The number of rotatable bonds is 1. The average molecular weight is 424 g/mol. The first-order valence-electron chi connectivity index (χ1n) is 10.2. The Bertz CT molecular complexity index is 1150. The van der Waals surface area contributed by atoms with E-state index in [0.717, 1.165) is 0 Å². The lowest BCUT2D eigenvalue weighted by Crippen LogP contribution is -2.62. The van der Waals surface area contributed by atoms with Crippen LogP contribution in [0.2, 0.25) is 6.55 Å². The Morgan fingerprint density at radius 3 is 1.48 bits per heavy atom. The summed E-state index contributed by atoms with van der Waals surface area (Å²) in [5, 5.41) is 6.23. The fraction of sp³-hybridized carbons (Fsp3) is 0.0400. The molecule has 140 valence electrons. The zero-order chi connectivity index (χ0) is 19.4. The van der Waals surface area contributed by atoms with Crippen LogP contribution in [-0.2, 0) is 0 Å². The summed E-state index contributed by atoms with van der Waals surface area (Å²) in [7, 11) is -2.85. The van der Waals surface area contributed by atoms with Gasteiger partial charge in [0.15, 0.2) is 0 Å². The predicted octanol–water partition coefficient (Wildman–Crippen LogP) is 3.11. The number of benzene rings is 4. The Balaban J connectivity index is 1.67. The van der Waals surface area contributed by atoms with E-state index >= 15 is 0 Å². The lowest BCUT2D eigenvalue weighted by atomic mass is 10.2. The van der Waals surface area contributed by atoms with Crippen LogP contribution in [0.15, 0.2) is 107 Å². The minimum absolute atomic E-state index is 1.18. The van der Waals surface area contributed by atoms with E-state index in [4.69, 9.17) is 0 Å². The molecule has 6 rings (SSSR count). The van der Waals surface area contributed by atoms with Crippen molar-refractivity contribution < 1.29 is 0 Å². The summed E-state index contributed by atoms with van der Waals surface area (Å²) in [4.78, 5) is 2.85. The SMILES string of the molecule is C[SiH]1c2ccccc2N([SiH]2c3ccccc3Sc3ccccc32)c2ccccc21. The van der Waals surface area contributed by atoms with Crippen molar-refractivity contribution in [3.63, 3.8) is 0 Å². The van der Waals surface area contributed by atoms with Crippen molar-refractivity contribution >= 4 is 61.6 Å². The smallest absolute Gasteiger partial charge is 0.211 e. The molecule has 0 spiro atoms. The van der Waals surface area contributed by atoms with E-state index in [2.05, 4.69) is 108 Å². The highest BCUT2D eigenvalue weighted by molar-refractivity contribution is 8.00. The van der Waals surface area contributed by atoms with Crippen LogP contribution in [-0.4, -0.2) is 17.8 Å². The molecule has 0 N–H and O–H groups in total. The minimum Gasteiger partial charge on any atom is -0.363 e. The van der Waals surface area contributed by atoms with Gasteiger partial charge in [0.2, 0.25) is 8.96 Å². The maximum Gasteiger partial charge on any atom is 0.211 e. The maximum absolute atomic E-state index is 2.75. The van der Waals surface area contributed by atoms with Gasteiger partial charge in [-0.3, -0.25) is 0 Å². The van der Waals surface area contributed by atoms with Crippen LogP contribution < -0.4 is 25.3 Å². The highest BCUT2D eigenvalue weighted by atomic mass is 32.2. The van der Waals surface area contributed by atoms with Crippen LogP contribution in [0.5, 0.6) is 0 Å². The molecule has 0 saturated heterocycles. The molecule has 0 radical (unpaired) electrons. The van der Waals surface area contributed by atoms with E-state index in [9.17, 15) is 0 Å². The molecule has 0 aliphatic carbocycles. The van der Waals surface area contributed by atoms with Crippen molar-refractivity contribution in [2.45, 2.75) is 16.3 Å². The summed E-state index contributed by atoms with van der Waals surface area (Å²) in [5.74, 6) is 0. The molecule has 29 heavy (non-hydrogen) atoms. The van der Waals surface area contributed by atoms with E-state index in [0.29, 0.717) is 0 Å². The number of nitrogens with zero attached hydrogens (tertiary/aromatic N) is 1. The molecule has 0 bridgehead atoms. The second-order valence-electron chi connectivity index (χ2n) is 7.79. The molecule has 1 nitrogen and oxygen atoms in total. The van der Waals surface area contributed by atoms with Crippen molar-refractivity contribution in [1.82, 2.24) is 0 Å². The average Bonchev–Trinajstić information content (AvgIpc) is 2.79. The molecule has 0 saturated carbocycles. The third kappa shape index (κ3) is 2.60. The first kappa shape index (κ1) is 17.3. The molecule has 0 atom stereocenters. The third-order valence-electron chi connectivity index (χ3n) is 6.23. The number of fused-ring (bicyclic) bond motifs is 4.